The minimum atomic E-state index is -5.32. The molecular formula is C25H44ClN7O13P2. The molecule has 0 saturated carbocycles. The van der Waals surface area contributed by atoms with Gasteiger partial charge in [-0.1, -0.05) is 26.7 Å². The highest BCUT2D eigenvalue weighted by Crippen LogP contribution is 2.61. The Kier molecular flexibility index (Phi) is 15.2. The van der Waals surface area contributed by atoms with Crippen LogP contribution in [0.3, 0.4) is 0 Å². The molecule has 2 amide bonds. The number of carbonyl (C=O) groups excluding carboxylic acids is 3. The fourth-order valence-corrected chi connectivity index (χ4v) is 8.13. The highest BCUT2D eigenvalue weighted by Gasteiger charge is 2.52. The molecule has 0 aromatic carbocycles. The van der Waals surface area contributed by atoms with Crippen LogP contribution < -0.4 is 21.5 Å². The largest absolute Gasteiger partial charge is 0.480 e. The average Bonchev–Trinajstić information content (AvgIpc) is 3.56. The van der Waals surface area contributed by atoms with Gasteiger partial charge in [-0.25, -0.2) is 19.2 Å². The third-order valence-electron chi connectivity index (χ3n) is 7.35. The fourth-order valence-electron chi connectivity index (χ4n) is 5.06. The van der Waals surface area contributed by atoms with E-state index in [4.69, 9.17) is 40.2 Å². The fraction of sp³-hybridized carbons (Fsp3) is 0.800. The van der Waals surface area contributed by atoms with Gasteiger partial charge < -0.3 is 40.5 Å². The zero-order valence-corrected chi connectivity index (χ0v) is 29.2. The minimum absolute atomic E-state index is 0.110. The number of rotatable bonds is 20. The van der Waals surface area contributed by atoms with Gasteiger partial charge in [0.05, 0.1) is 26.2 Å². The highest BCUT2D eigenvalue weighted by molar-refractivity contribution is 7.63. The van der Waals surface area contributed by atoms with Crippen molar-refractivity contribution in [3.8, 4) is 0 Å². The van der Waals surface area contributed by atoms with E-state index in [-0.39, 0.29) is 30.9 Å². The first kappa shape index (κ1) is 40.2. The molecule has 274 valence electrons. The van der Waals surface area contributed by atoms with Crippen molar-refractivity contribution in [2.75, 3.05) is 32.2 Å². The number of aliphatic hydroxyl groups excluding tert-OH is 2. The topological polar surface area (TPSA) is 282 Å². The van der Waals surface area contributed by atoms with Crippen LogP contribution >= 0.6 is 27.2 Å². The summed E-state index contributed by atoms with van der Waals surface area (Å²) in [7, 11) is -10.2. The molecule has 23 heteroatoms. The van der Waals surface area contributed by atoms with Crippen LogP contribution in [0.15, 0.2) is 9.98 Å². The Morgan fingerprint density at radius 2 is 1.90 bits per heavy atom. The van der Waals surface area contributed by atoms with E-state index < -0.39 is 89.4 Å². The normalized spacial score (nSPS) is 28.3. The molecule has 1 fully saturated rings. The summed E-state index contributed by atoms with van der Waals surface area (Å²) < 4.78 is 52.6. The zero-order chi connectivity index (χ0) is 35.6. The third kappa shape index (κ3) is 11.1. The SMILES string of the molecule is CCCC(CCC)COC(=O)[C@@H](C)NP(=O)(OCCNC(=O)CCl)OP(=O)(O)OC[C@H]1O[C@@H](N2C=NC3C(=O)NC(N)=NC32)[C@H](O)[C@@H]1O. The number of aliphatic imine (C=N–C) groups is 2. The Morgan fingerprint density at radius 3 is 2.54 bits per heavy atom. The van der Waals surface area contributed by atoms with Crippen molar-refractivity contribution in [2.45, 2.75) is 89.2 Å². The number of nitrogens with zero attached hydrogens (tertiary/aromatic N) is 3. The summed E-state index contributed by atoms with van der Waals surface area (Å²) in [5, 5.41) is 28.2. The van der Waals surface area contributed by atoms with E-state index in [1.165, 1.54) is 18.2 Å². The molecule has 48 heavy (non-hydrogen) atoms. The second-order valence-electron chi connectivity index (χ2n) is 11.2. The van der Waals surface area contributed by atoms with Crippen molar-refractivity contribution in [3.05, 3.63) is 0 Å². The third-order valence-corrected chi connectivity index (χ3v) is 11.0. The van der Waals surface area contributed by atoms with E-state index in [9.17, 15) is 38.6 Å². The standard InChI is InChI=1S/C25H44ClN7O13P2/c1-4-6-15(7-5-2)11-42-24(38)14(3)32-47(39,43-9-8-28-17(34)10-26)46-48(40,41)44-12-16-19(35)20(36)23(45-16)33-13-29-18-21(33)30-25(27)31-22(18)37/h13-16,18-21,23,35-36H,4-12H2,1-3H3,(H,28,34)(H,32,39)(H,40,41)(H3,27,30,31,37)/t14-,16-,18?,19-,20-,21?,23-,47?/m1/s1. The molecule has 3 aliphatic rings. The van der Waals surface area contributed by atoms with Gasteiger partial charge in [-0.2, -0.15) is 4.31 Å². The molecule has 0 aromatic heterocycles. The maximum Gasteiger partial charge on any atom is 0.480 e. The van der Waals surface area contributed by atoms with Crippen LogP contribution in [-0.4, -0.2) is 125 Å². The summed E-state index contributed by atoms with van der Waals surface area (Å²) in [5.41, 5.74) is 5.63. The number of ether oxygens (including phenoxy) is 2. The molecule has 3 heterocycles. The number of esters is 1. The Balaban J connectivity index is 1.64. The lowest BCUT2D eigenvalue weighted by atomic mass is 9.99. The molecule has 0 aliphatic carbocycles. The van der Waals surface area contributed by atoms with Crippen molar-refractivity contribution >= 4 is 57.3 Å². The van der Waals surface area contributed by atoms with Crippen molar-refractivity contribution in [3.63, 3.8) is 0 Å². The van der Waals surface area contributed by atoms with Gasteiger partial charge in [0.25, 0.3) is 5.91 Å². The smallest absolute Gasteiger partial charge is 0.464 e. The lowest BCUT2D eigenvalue weighted by Gasteiger charge is -2.32. The van der Waals surface area contributed by atoms with Gasteiger partial charge in [0, 0.05) is 6.54 Å². The van der Waals surface area contributed by atoms with Crippen molar-refractivity contribution in [1.82, 2.24) is 20.6 Å². The first-order valence-corrected chi connectivity index (χ1v) is 18.9. The molecule has 0 aromatic rings. The number of guanidine groups is 1. The number of halogens is 1. The van der Waals surface area contributed by atoms with Gasteiger partial charge in [0.2, 0.25) is 5.91 Å². The molecule has 3 aliphatic heterocycles. The molecule has 3 rings (SSSR count). The van der Waals surface area contributed by atoms with Crippen molar-refractivity contribution in [2.24, 2.45) is 21.6 Å². The number of hydrogen-bond acceptors (Lipinski definition) is 16. The van der Waals surface area contributed by atoms with Crippen LogP contribution in [0.25, 0.3) is 0 Å². The number of aliphatic hydroxyl groups is 2. The van der Waals surface area contributed by atoms with Crippen LogP contribution in [0.1, 0.15) is 46.5 Å². The molecule has 4 unspecified atom stereocenters. The number of phosphoric acid groups is 1. The van der Waals surface area contributed by atoms with Crippen LogP contribution in [0.2, 0.25) is 0 Å². The van der Waals surface area contributed by atoms with E-state index in [0.29, 0.717) is 0 Å². The number of hydrogen-bond donors (Lipinski definition) is 7. The van der Waals surface area contributed by atoms with Gasteiger partial charge >= 0.3 is 21.5 Å². The lowest BCUT2D eigenvalue weighted by Crippen LogP contribution is -2.56. The highest BCUT2D eigenvalue weighted by atomic mass is 35.5. The van der Waals surface area contributed by atoms with E-state index in [1.807, 2.05) is 13.8 Å². The summed E-state index contributed by atoms with van der Waals surface area (Å²) in [6, 6.07) is -2.34. The first-order chi connectivity index (χ1) is 22.6. The number of phosphoric ester groups is 1. The van der Waals surface area contributed by atoms with Crippen LogP contribution in [0, 0.1) is 5.92 Å². The molecule has 20 nitrogen and oxygen atoms in total. The number of nitrogens with two attached hydrogens (primary N) is 1. The van der Waals surface area contributed by atoms with Crippen molar-refractivity contribution < 1.29 is 61.5 Å². The van der Waals surface area contributed by atoms with Crippen LogP contribution in [0.5, 0.6) is 0 Å². The summed E-state index contributed by atoms with van der Waals surface area (Å²) in [4.78, 5) is 56.2. The lowest BCUT2D eigenvalue weighted by molar-refractivity contribution is -0.147. The molecular weight excluding hydrogens is 704 g/mol. The van der Waals surface area contributed by atoms with Gasteiger partial charge in [-0.3, -0.25) is 33.7 Å². The van der Waals surface area contributed by atoms with E-state index >= 15 is 0 Å². The van der Waals surface area contributed by atoms with E-state index in [2.05, 4.69) is 25.7 Å². The van der Waals surface area contributed by atoms with Gasteiger partial charge in [-0.15, -0.1) is 11.6 Å². The number of fused-ring (bicyclic) bond motifs is 1. The van der Waals surface area contributed by atoms with Gasteiger partial charge in [0.1, 0.15) is 30.2 Å². The number of nitrogens with one attached hydrogen (secondary N) is 3. The monoisotopic (exact) mass is 747 g/mol. The molecule has 0 spiro atoms. The number of amides is 2. The Morgan fingerprint density at radius 1 is 1.21 bits per heavy atom. The second-order valence-corrected chi connectivity index (χ2v) is 14.8. The average molecular weight is 748 g/mol. The molecule has 8 N–H and O–H groups in total. The summed E-state index contributed by atoms with van der Waals surface area (Å²) in [6.07, 6.45) is -2.42. The predicted molar refractivity (Wildman–Crippen MR) is 169 cm³/mol. The molecule has 9 atom stereocenters. The summed E-state index contributed by atoms with van der Waals surface area (Å²) in [6.45, 7) is 3.79. The summed E-state index contributed by atoms with van der Waals surface area (Å²) >= 11 is 5.44. The van der Waals surface area contributed by atoms with E-state index in [0.717, 1.165) is 25.7 Å². The Labute approximate surface area is 282 Å². The van der Waals surface area contributed by atoms with E-state index in [1.54, 1.807) is 0 Å². The Bertz CT molecular complexity index is 1290. The molecule has 0 radical (unpaired) electrons. The maximum atomic E-state index is 13.6. The quantitative estimate of drug-likeness (QED) is 0.0350. The predicted octanol–water partition coefficient (Wildman–Crippen LogP) is -0.733. The maximum absolute atomic E-state index is 13.6. The number of alkyl halides is 1. The van der Waals surface area contributed by atoms with Crippen LogP contribution in [-0.2, 0) is 46.3 Å². The Hall–Kier alpha value is -2.22. The zero-order valence-electron chi connectivity index (χ0n) is 26.7. The van der Waals surface area contributed by atoms with Gasteiger partial charge in [-0.05, 0) is 25.7 Å². The molecule has 1 saturated heterocycles. The van der Waals surface area contributed by atoms with Crippen molar-refractivity contribution in [1.29, 1.82) is 0 Å². The number of carbonyl (C=O) groups is 3. The molecule has 0 bridgehead atoms. The van der Waals surface area contributed by atoms with Gasteiger partial charge in [0.15, 0.2) is 24.4 Å². The first-order valence-electron chi connectivity index (χ1n) is 15.3. The van der Waals surface area contributed by atoms with Crippen LogP contribution in [0.4, 0.5) is 0 Å². The minimum Gasteiger partial charge on any atom is -0.464 e. The second kappa shape index (κ2) is 18.1. The summed E-state index contributed by atoms with van der Waals surface area (Å²) in [5.74, 6) is -2.38.